The number of ether oxygens (including phenoxy) is 1. The van der Waals surface area contributed by atoms with Gasteiger partial charge in [0.25, 0.3) is 0 Å². The van der Waals surface area contributed by atoms with Gasteiger partial charge in [-0.2, -0.15) is 0 Å². The van der Waals surface area contributed by atoms with E-state index in [0.29, 0.717) is 13.0 Å². The third kappa shape index (κ3) is 2.93. The van der Waals surface area contributed by atoms with Crippen molar-refractivity contribution in [2.24, 2.45) is 5.92 Å². The normalized spacial score (nSPS) is 20.1. The average molecular weight is 215 g/mol. The number of ketones is 1. The number of rotatable bonds is 3. The Morgan fingerprint density at radius 3 is 2.60 bits per heavy atom. The van der Waals surface area contributed by atoms with E-state index < -0.39 is 12.1 Å². The molecule has 0 aromatic carbocycles. The number of hydrogen-bond acceptors (Lipinski definition) is 4. The fraction of sp³-hybridized carbons (Fsp3) is 0.667. The fourth-order valence-electron chi connectivity index (χ4n) is 1.56. The molecule has 6 heteroatoms. The number of amides is 1. The summed E-state index contributed by atoms with van der Waals surface area (Å²) in [7, 11) is 1.22. The highest BCUT2D eigenvalue weighted by atomic mass is 16.5. The molecule has 1 atom stereocenters. The van der Waals surface area contributed by atoms with Gasteiger partial charge < -0.3 is 14.7 Å². The Balaban J connectivity index is 2.43. The first-order valence-electron chi connectivity index (χ1n) is 4.62. The molecule has 1 aliphatic heterocycles. The van der Waals surface area contributed by atoms with E-state index in [2.05, 4.69) is 4.74 Å². The lowest BCUT2D eigenvalue weighted by molar-refractivity contribution is -0.144. The van der Waals surface area contributed by atoms with Crippen LogP contribution in [-0.2, 0) is 14.3 Å². The fourth-order valence-corrected chi connectivity index (χ4v) is 1.56. The molecule has 1 aliphatic rings. The molecule has 0 saturated carbocycles. The van der Waals surface area contributed by atoms with Crippen LogP contribution in [0.3, 0.4) is 0 Å². The van der Waals surface area contributed by atoms with E-state index >= 15 is 0 Å². The van der Waals surface area contributed by atoms with E-state index in [-0.39, 0.29) is 24.7 Å². The average Bonchev–Trinajstić information content (AvgIpc) is 2.66. The molecule has 1 amide bonds. The molecule has 1 unspecified atom stereocenters. The lowest BCUT2D eigenvalue weighted by Gasteiger charge is -2.10. The number of carbonyl (C=O) groups excluding carboxylic acids is 2. The maximum atomic E-state index is 11.5. The predicted molar refractivity (Wildman–Crippen MR) is 49.3 cm³/mol. The van der Waals surface area contributed by atoms with Gasteiger partial charge in [0.15, 0.2) is 0 Å². The number of methoxy groups -OCH3 is 1. The summed E-state index contributed by atoms with van der Waals surface area (Å²) in [4.78, 5) is 34.0. The third-order valence-corrected chi connectivity index (χ3v) is 2.46. The molecule has 1 heterocycles. The van der Waals surface area contributed by atoms with Crippen LogP contribution in [-0.4, -0.2) is 48.1 Å². The van der Waals surface area contributed by atoms with Gasteiger partial charge in [0, 0.05) is 19.0 Å². The number of carboxylic acid groups (broad SMARTS) is 1. The van der Waals surface area contributed by atoms with E-state index in [1.165, 1.54) is 12.0 Å². The standard InChI is InChI=1S/C9H13NO5/c1-15-8(12)4-7(11)6-2-3-10(5-6)9(13)14/h6H,2-5H2,1H3,(H,13,14). The zero-order valence-corrected chi connectivity index (χ0v) is 8.43. The van der Waals surface area contributed by atoms with E-state index in [4.69, 9.17) is 5.11 Å². The highest BCUT2D eigenvalue weighted by Gasteiger charge is 2.31. The highest BCUT2D eigenvalue weighted by molar-refractivity contribution is 5.97. The Morgan fingerprint density at radius 1 is 1.47 bits per heavy atom. The molecule has 1 fully saturated rings. The Hall–Kier alpha value is -1.59. The minimum atomic E-state index is -1.02. The summed E-state index contributed by atoms with van der Waals surface area (Å²) in [5, 5.41) is 8.66. The van der Waals surface area contributed by atoms with Crippen LogP contribution in [0.25, 0.3) is 0 Å². The molecule has 15 heavy (non-hydrogen) atoms. The maximum Gasteiger partial charge on any atom is 0.407 e. The van der Waals surface area contributed by atoms with Gasteiger partial charge in [0.05, 0.1) is 7.11 Å². The van der Waals surface area contributed by atoms with Gasteiger partial charge in [0.2, 0.25) is 0 Å². The Bertz CT molecular complexity index is 288. The second kappa shape index (κ2) is 4.77. The van der Waals surface area contributed by atoms with Crippen molar-refractivity contribution < 1.29 is 24.2 Å². The number of hydrogen-bond donors (Lipinski definition) is 1. The second-order valence-electron chi connectivity index (χ2n) is 3.43. The van der Waals surface area contributed by atoms with E-state index in [0.717, 1.165) is 0 Å². The van der Waals surface area contributed by atoms with Crippen LogP contribution in [0.4, 0.5) is 4.79 Å². The Labute approximate surface area is 86.8 Å². The molecule has 1 rings (SSSR count). The van der Waals surface area contributed by atoms with E-state index in [9.17, 15) is 14.4 Å². The number of esters is 1. The van der Waals surface area contributed by atoms with E-state index in [1.807, 2.05) is 0 Å². The van der Waals surface area contributed by atoms with Gasteiger partial charge in [0.1, 0.15) is 12.2 Å². The summed E-state index contributed by atoms with van der Waals surface area (Å²) >= 11 is 0. The second-order valence-corrected chi connectivity index (χ2v) is 3.43. The Kier molecular flexibility index (Phi) is 3.65. The monoisotopic (exact) mass is 215 g/mol. The molecule has 6 nitrogen and oxygen atoms in total. The summed E-state index contributed by atoms with van der Waals surface area (Å²) in [5.74, 6) is -1.18. The molecule has 0 aromatic heterocycles. The van der Waals surface area contributed by atoms with Gasteiger partial charge in [-0.25, -0.2) is 4.79 Å². The van der Waals surface area contributed by atoms with Crippen molar-refractivity contribution in [1.29, 1.82) is 0 Å². The number of likely N-dealkylation sites (tertiary alicyclic amines) is 1. The van der Waals surface area contributed by atoms with Crippen molar-refractivity contribution in [3.05, 3.63) is 0 Å². The van der Waals surface area contributed by atoms with Crippen molar-refractivity contribution >= 4 is 17.8 Å². The van der Waals surface area contributed by atoms with Gasteiger partial charge >= 0.3 is 12.1 Å². The largest absolute Gasteiger partial charge is 0.469 e. The predicted octanol–water partition coefficient (Wildman–Crippen LogP) is 0.118. The van der Waals surface area contributed by atoms with Crippen molar-refractivity contribution in [1.82, 2.24) is 4.90 Å². The van der Waals surface area contributed by atoms with Crippen LogP contribution < -0.4 is 0 Å². The summed E-state index contributed by atoms with van der Waals surface area (Å²) in [6, 6.07) is 0. The molecular weight excluding hydrogens is 202 g/mol. The van der Waals surface area contributed by atoms with Crippen molar-refractivity contribution in [2.75, 3.05) is 20.2 Å². The Morgan fingerprint density at radius 2 is 2.13 bits per heavy atom. The van der Waals surface area contributed by atoms with Gasteiger partial charge in [-0.3, -0.25) is 9.59 Å². The maximum absolute atomic E-state index is 11.5. The van der Waals surface area contributed by atoms with Gasteiger partial charge in [-0.1, -0.05) is 0 Å². The zero-order chi connectivity index (χ0) is 11.4. The van der Waals surface area contributed by atoms with Crippen LogP contribution in [0.2, 0.25) is 0 Å². The molecule has 84 valence electrons. The summed E-state index contributed by atoms with van der Waals surface area (Å²) in [5.41, 5.74) is 0. The molecule has 1 N–H and O–H groups in total. The van der Waals surface area contributed by atoms with Crippen LogP contribution in [0.5, 0.6) is 0 Å². The molecule has 0 radical (unpaired) electrons. The number of nitrogens with zero attached hydrogens (tertiary/aromatic N) is 1. The van der Waals surface area contributed by atoms with Gasteiger partial charge in [-0.15, -0.1) is 0 Å². The SMILES string of the molecule is COC(=O)CC(=O)C1CCN(C(=O)O)C1. The number of carbonyl (C=O) groups is 3. The first-order chi connectivity index (χ1) is 7.04. The topological polar surface area (TPSA) is 83.9 Å². The minimum Gasteiger partial charge on any atom is -0.469 e. The van der Waals surface area contributed by atoms with Crippen molar-refractivity contribution in [3.8, 4) is 0 Å². The summed E-state index contributed by atoms with van der Waals surface area (Å²) in [6.45, 7) is 0.540. The van der Waals surface area contributed by atoms with Crippen molar-refractivity contribution in [3.63, 3.8) is 0 Å². The minimum absolute atomic E-state index is 0.186. The summed E-state index contributed by atoms with van der Waals surface area (Å²) < 4.78 is 4.37. The van der Waals surface area contributed by atoms with Crippen LogP contribution >= 0.6 is 0 Å². The van der Waals surface area contributed by atoms with Crippen LogP contribution in [0.15, 0.2) is 0 Å². The molecular formula is C9H13NO5. The van der Waals surface area contributed by atoms with E-state index in [1.54, 1.807) is 0 Å². The van der Waals surface area contributed by atoms with Crippen LogP contribution in [0.1, 0.15) is 12.8 Å². The lowest BCUT2D eigenvalue weighted by Crippen LogP contribution is -2.28. The smallest absolute Gasteiger partial charge is 0.407 e. The third-order valence-electron chi connectivity index (χ3n) is 2.46. The highest BCUT2D eigenvalue weighted by Crippen LogP contribution is 2.18. The molecule has 0 bridgehead atoms. The summed E-state index contributed by atoms with van der Waals surface area (Å²) in [6.07, 6.45) is -0.806. The molecule has 0 aromatic rings. The van der Waals surface area contributed by atoms with Gasteiger partial charge in [-0.05, 0) is 6.42 Å². The first kappa shape index (κ1) is 11.5. The molecule has 0 aliphatic carbocycles. The lowest BCUT2D eigenvalue weighted by atomic mass is 10.0. The molecule has 1 saturated heterocycles. The van der Waals surface area contributed by atoms with Crippen molar-refractivity contribution in [2.45, 2.75) is 12.8 Å². The first-order valence-corrected chi connectivity index (χ1v) is 4.62. The van der Waals surface area contributed by atoms with Crippen LogP contribution in [0, 0.1) is 5.92 Å². The molecule has 0 spiro atoms. The zero-order valence-electron chi connectivity index (χ0n) is 8.43. The quantitative estimate of drug-likeness (QED) is 0.534. The number of Topliss-reactive ketones (excluding diaryl/α,β-unsaturated/α-hetero) is 1.